The number of benzene rings is 1. The first-order chi connectivity index (χ1) is 13.5. The molecule has 1 heterocycles. The summed E-state index contributed by atoms with van der Waals surface area (Å²) in [7, 11) is 0. The smallest absolute Gasteiger partial charge is 0.326 e. The van der Waals surface area contributed by atoms with Crippen molar-refractivity contribution in [1.82, 2.24) is 15.5 Å². The van der Waals surface area contributed by atoms with E-state index in [1.807, 2.05) is 30.3 Å². The second kappa shape index (κ2) is 8.86. The van der Waals surface area contributed by atoms with E-state index in [1.54, 1.807) is 0 Å². The van der Waals surface area contributed by atoms with Crippen molar-refractivity contribution in [1.29, 1.82) is 0 Å². The van der Waals surface area contributed by atoms with Crippen molar-refractivity contribution >= 4 is 23.8 Å². The van der Waals surface area contributed by atoms with E-state index in [1.165, 1.54) is 5.56 Å². The summed E-state index contributed by atoms with van der Waals surface area (Å²) < 4.78 is 4.90. The molecule has 1 aromatic rings. The Morgan fingerprint density at radius 1 is 1.14 bits per heavy atom. The van der Waals surface area contributed by atoms with Gasteiger partial charge < -0.3 is 15.4 Å². The maximum Gasteiger partial charge on any atom is 0.326 e. The first kappa shape index (κ1) is 19.9. The Balaban J connectivity index is 1.34. The topological polar surface area (TPSA) is 105 Å². The van der Waals surface area contributed by atoms with E-state index in [2.05, 4.69) is 10.6 Å². The zero-order chi connectivity index (χ0) is 20.0. The molecule has 0 radical (unpaired) electrons. The van der Waals surface area contributed by atoms with Gasteiger partial charge in [-0.1, -0.05) is 43.2 Å². The van der Waals surface area contributed by atoms with Crippen LogP contribution in [0.3, 0.4) is 0 Å². The van der Waals surface area contributed by atoms with Crippen molar-refractivity contribution in [3.05, 3.63) is 35.9 Å². The average Bonchev–Trinajstić information content (AvgIpc) is 3.25. The van der Waals surface area contributed by atoms with E-state index in [9.17, 15) is 19.2 Å². The number of imide groups is 1. The van der Waals surface area contributed by atoms with Gasteiger partial charge in [0.2, 0.25) is 0 Å². The van der Waals surface area contributed by atoms with Gasteiger partial charge in [0.1, 0.15) is 12.1 Å². The molecule has 1 aromatic carbocycles. The summed E-state index contributed by atoms with van der Waals surface area (Å²) in [5.41, 5.74) is 0.338. The van der Waals surface area contributed by atoms with Crippen LogP contribution in [0.1, 0.15) is 37.7 Å². The molecule has 1 aliphatic carbocycles. The standard InChI is InChI=1S/C20H25N3O5/c24-16(21-12-6-9-15-7-2-1-3-8-15)14-28-17(25)13-23-18(26)20(22-19(23)27)10-4-5-11-20/h1-3,7-8H,4-6,9-14H2,(H,21,24)(H,22,27). The normalized spacial score (nSPS) is 17.6. The molecule has 4 amide bonds. The Kier molecular flexibility index (Phi) is 6.28. The van der Waals surface area contributed by atoms with E-state index in [0.717, 1.165) is 30.6 Å². The molecule has 0 atom stereocenters. The lowest BCUT2D eigenvalue weighted by atomic mass is 9.98. The van der Waals surface area contributed by atoms with Gasteiger partial charge in [0.05, 0.1) is 0 Å². The first-order valence-electron chi connectivity index (χ1n) is 9.60. The van der Waals surface area contributed by atoms with Gasteiger partial charge in [-0.3, -0.25) is 19.3 Å². The van der Waals surface area contributed by atoms with Gasteiger partial charge in [-0.2, -0.15) is 0 Å². The molecular formula is C20H25N3O5. The number of carbonyl (C=O) groups is 4. The molecule has 3 rings (SSSR count). The van der Waals surface area contributed by atoms with Crippen molar-refractivity contribution in [2.24, 2.45) is 0 Å². The summed E-state index contributed by atoms with van der Waals surface area (Å²) >= 11 is 0. The molecular weight excluding hydrogens is 362 g/mol. The molecule has 2 aliphatic rings. The number of ether oxygens (including phenoxy) is 1. The number of aryl methyl sites for hydroxylation is 1. The summed E-state index contributed by atoms with van der Waals surface area (Å²) in [4.78, 5) is 49.1. The Labute approximate surface area is 163 Å². The minimum absolute atomic E-state index is 0.377. The molecule has 2 N–H and O–H groups in total. The van der Waals surface area contributed by atoms with Gasteiger partial charge in [-0.25, -0.2) is 4.79 Å². The summed E-state index contributed by atoms with van der Waals surface area (Å²) in [5, 5.41) is 5.38. The van der Waals surface area contributed by atoms with Gasteiger partial charge in [-0.05, 0) is 31.2 Å². The lowest BCUT2D eigenvalue weighted by molar-refractivity contribution is -0.151. The van der Waals surface area contributed by atoms with E-state index < -0.39 is 36.6 Å². The van der Waals surface area contributed by atoms with Crippen LogP contribution >= 0.6 is 0 Å². The summed E-state index contributed by atoms with van der Waals surface area (Å²) in [5.74, 6) is -1.57. The summed E-state index contributed by atoms with van der Waals surface area (Å²) in [6, 6.07) is 9.35. The molecule has 8 heteroatoms. The molecule has 1 aliphatic heterocycles. The predicted molar refractivity (Wildman–Crippen MR) is 100 cm³/mol. The van der Waals surface area contributed by atoms with Gasteiger partial charge >= 0.3 is 12.0 Å². The highest BCUT2D eigenvalue weighted by atomic mass is 16.5. The number of rotatable bonds is 8. The zero-order valence-corrected chi connectivity index (χ0v) is 15.7. The number of hydrogen-bond acceptors (Lipinski definition) is 5. The Hall–Kier alpha value is -2.90. The van der Waals surface area contributed by atoms with Crippen molar-refractivity contribution in [3.63, 3.8) is 0 Å². The third kappa shape index (κ3) is 4.68. The minimum Gasteiger partial charge on any atom is -0.454 e. The van der Waals surface area contributed by atoms with Crippen LogP contribution in [0.4, 0.5) is 4.79 Å². The fourth-order valence-electron chi connectivity index (χ4n) is 3.67. The molecule has 0 unspecified atom stereocenters. The lowest BCUT2D eigenvalue weighted by Gasteiger charge is -2.19. The number of carbonyl (C=O) groups excluding carboxylic acids is 4. The third-order valence-corrected chi connectivity index (χ3v) is 5.16. The van der Waals surface area contributed by atoms with Gasteiger partial charge in [0.15, 0.2) is 6.61 Å². The van der Waals surface area contributed by atoms with Crippen LogP contribution in [0.2, 0.25) is 0 Å². The number of urea groups is 1. The lowest BCUT2D eigenvalue weighted by Crippen LogP contribution is -2.44. The third-order valence-electron chi connectivity index (χ3n) is 5.16. The van der Waals surface area contributed by atoms with Gasteiger partial charge in [-0.15, -0.1) is 0 Å². The molecule has 8 nitrogen and oxygen atoms in total. The fourth-order valence-corrected chi connectivity index (χ4v) is 3.67. The Bertz CT molecular complexity index is 743. The predicted octanol–water partition coefficient (Wildman–Crippen LogP) is 1.14. The van der Waals surface area contributed by atoms with Crippen LogP contribution in [0.25, 0.3) is 0 Å². The molecule has 150 valence electrons. The largest absolute Gasteiger partial charge is 0.454 e. The van der Waals surface area contributed by atoms with Crippen molar-refractivity contribution in [2.45, 2.75) is 44.1 Å². The summed E-state index contributed by atoms with van der Waals surface area (Å²) in [6.45, 7) is -0.437. The Morgan fingerprint density at radius 3 is 2.57 bits per heavy atom. The second-order valence-electron chi connectivity index (χ2n) is 7.21. The zero-order valence-electron chi connectivity index (χ0n) is 15.7. The van der Waals surface area contributed by atoms with Crippen molar-refractivity contribution in [2.75, 3.05) is 19.7 Å². The summed E-state index contributed by atoms with van der Waals surface area (Å²) in [6.07, 6.45) is 4.54. The molecule has 1 saturated heterocycles. The highest BCUT2D eigenvalue weighted by molar-refractivity contribution is 6.08. The fraction of sp³-hybridized carbons (Fsp3) is 0.500. The van der Waals surface area contributed by atoms with Crippen LogP contribution in [0.15, 0.2) is 30.3 Å². The Morgan fingerprint density at radius 2 is 1.86 bits per heavy atom. The number of amides is 4. The van der Waals surface area contributed by atoms with Crippen LogP contribution in [-0.2, 0) is 25.5 Å². The molecule has 0 aromatic heterocycles. The maximum atomic E-state index is 12.5. The highest BCUT2D eigenvalue weighted by Crippen LogP contribution is 2.34. The van der Waals surface area contributed by atoms with Crippen LogP contribution < -0.4 is 10.6 Å². The van der Waals surface area contributed by atoms with Crippen LogP contribution in [0, 0.1) is 0 Å². The van der Waals surface area contributed by atoms with Crippen LogP contribution in [0.5, 0.6) is 0 Å². The minimum atomic E-state index is -0.854. The van der Waals surface area contributed by atoms with E-state index >= 15 is 0 Å². The van der Waals surface area contributed by atoms with Crippen molar-refractivity contribution < 1.29 is 23.9 Å². The number of nitrogens with zero attached hydrogens (tertiary/aromatic N) is 1. The molecule has 0 bridgehead atoms. The maximum absolute atomic E-state index is 12.5. The molecule has 2 fully saturated rings. The van der Waals surface area contributed by atoms with E-state index in [0.29, 0.717) is 19.4 Å². The van der Waals surface area contributed by atoms with Gasteiger partial charge in [0.25, 0.3) is 11.8 Å². The number of esters is 1. The SMILES string of the molecule is O=C(COC(=O)CN1C(=O)NC2(CCCC2)C1=O)NCCCc1ccccc1. The molecule has 28 heavy (non-hydrogen) atoms. The number of hydrogen-bond donors (Lipinski definition) is 2. The molecule has 1 saturated carbocycles. The molecule has 1 spiro atoms. The number of nitrogens with one attached hydrogen (secondary N) is 2. The van der Waals surface area contributed by atoms with Crippen molar-refractivity contribution in [3.8, 4) is 0 Å². The van der Waals surface area contributed by atoms with Gasteiger partial charge in [0, 0.05) is 6.54 Å². The second-order valence-corrected chi connectivity index (χ2v) is 7.21. The first-order valence-corrected chi connectivity index (χ1v) is 9.60. The average molecular weight is 387 g/mol. The van der Waals surface area contributed by atoms with E-state index in [4.69, 9.17) is 4.74 Å². The quantitative estimate of drug-likeness (QED) is 0.395. The van der Waals surface area contributed by atoms with Crippen LogP contribution in [-0.4, -0.2) is 54.0 Å². The monoisotopic (exact) mass is 387 g/mol. The van der Waals surface area contributed by atoms with E-state index in [-0.39, 0.29) is 5.91 Å². The highest BCUT2D eigenvalue weighted by Gasteiger charge is 2.52.